The van der Waals surface area contributed by atoms with Crippen molar-refractivity contribution < 1.29 is 14.7 Å². The summed E-state index contributed by atoms with van der Waals surface area (Å²) < 4.78 is 6.00. The van der Waals surface area contributed by atoms with Gasteiger partial charge in [0.1, 0.15) is 11.4 Å². The van der Waals surface area contributed by atoms with E-state index in [1.165, 1.54) is 0 Å². The first-order valence-corrected chi connectivity index (χ1v) is 7.61. The lowest BCUT2D eigenvalue weighted by Gasteiger charge is -2.09. The van der Waals surface area contributed by atoms with Gasteiger partial charge in [0.05, 0.1) is 5.71 Å². The summed E-state index contributed by atoms with van der Waals surface area (Å²) in [5.74, 6) is 0.604. The molecule has 1 aliphatic heterocycles. The predicted octanol–water partition coefficient (Wildman–Crippen LogP) is 3.48. The van der Waals surface area contributed by atoms with Gasteiger partial charge in [-0.2, -0.15) is 0 Å². The van der Waals surface area contributed by atoms with Crippen LogP contribution in [0.15, 0.2) is 72.0 Å². The Morgan fingerprint density at radius 2 is 1.80 bits per heavy atom. The van der Waals surface area contributed by atoms with Crippen molar-refractivity contribution in [2.45, 2.75) is 0 Å². The molecule has 1 amide bonds. The second-order valence-electron chi connectivity index (χ2n) is 5.42. The molecule has 0 unspecified atom stereocenters. The van der Waals surface area contributed by atoms with Gasteiger partial charge in [-0.1, -0.05) is 12.1 Å². The number of ether oxygens (including phenoxy) is 1. The van der Waals surface area contributed by atoms with Crippen LogP contribution in [0.1, 0.15) is 21.5 Å². The van der Waals surface area contributed by atoms with Crippen molar-refractivity contribution in [3.63, 3.8) is 0 Å². The molecule has 0 saturated heterocycles. The van der Waals surface area contributed by atoms with Crippen LogP contribution in [0.4, 0.5) is 5.69 Å². The number of aliphatic imine (C=N–C) groups is 1. The van der Waals surface area contributed by atoms with Crippen LogP contribution in [0.2, 0.25) is 0 Å². The van der Waals surface area contributed by atoms with Crippen molar-refractivity contribution in [2.75, 3.05) is 0 Å². The maximum Gasteiger partial charge on any atom is 0.274 e. The van der Waals surface area contributed by atoms with Crippen LogP contribution in [-0.4, -0.2) is 21.8 Å². The molecule has 6 heteroatoms. The van der Waals surface area contributed by atoms with E-state index in [2.05, 4.69) is 4.98 Å². The molecule has 0 radical (unpaired) electrons. The van der Waals surface area contributed by atoms with E-state index in [4.69, 9.17) is 14.9 Å². The average Bonchev–Trinajstić information content (AvgIpc) is 2.84. The van der Waals surface area contributed by atoms with E-state index in [-0.39, 0.29) is 5.56 Å². The highest BCUT2D eigenvalue weighted by Crippen LogP contribution is 2.39. The number of hydroxylamine groups is 1. The molecule has 25 heavy (non-hydrogen) atoms. The average molecular weight is 331 g/mol. The minimum absolute atomic E-state index is 0.286. The second-order valence-corrected chi connectivity index (χ2v) is 5.42. The highest BCUT2D eigenvalue weighted by atomic mass is 16.5. The molecular weight excluding hydrogens is 318 g/mol. The third kappa shape index (κ3) is 2.75. The van der Waals surface area contributed by atoms with Crippen LogP contribution < -0.4 is 10.2 Å². The molecule has 2 aromatic carbocycles. The number of hydrogen-bond donors (Lipinski definition) is 2. The Morgan fingerprint density at radius 3 is 2.60 bits per heavy atom. The lowest BCUT2D eigenvalue weighted by atomic mass is 10.0. The normalized spacial score (nSPS) is 12.1. The summed E-state index contributed by atoms with van der Waals surface area (Å²) in [4.78, 5) is 20.5. The molecule has 0 bridgehead atoms. The number of pyridine rings is 1. The van der Waals surface area contributed by atoms with Gasteiger partial charge in [-0.25, -0.2) is 10.5 Å². The number of fused-ring (bicyclic) bond motifs is 2. The Balaban J connectivity index is 1.94. The van der Waals surface area contributed by atoms with Crippen molar-refractivity contribution in [2.24, 2.45) is 4.99 Å². The van der Waals surface area contributed by atoms with Crippen molar-refractivity contribution in [1.29, 1.82) is 0 Å². The van der Waals surface area contributed by atoms with Gasteiger partial charge in [0, 0.05) is 29.1 Å². The number of benzene rings is 2. The molecule has 122 valence electrons. The zero-order valence-corrected chi connectivity index (χ0v) is 13.0. The van der Waals surface area contributed by atoms with Gasteiger partial charge in [-0.15, -0.1) is 0 Å². The van der Waals surface area contributed by atoms with Gasteiger partial charge in [-0.3, -0.25) is 15.0 Å². The van der Waals surface area contributed by atoms with E-state index in [1.54, 1.807) is 36.1 Å². The van der Waals surface area contributed by atoms with Crippen molar-refractivity contribution in [3.05, 3.63) is 83.7 Å². The third-order valence-electron chi connectivity index (χ3n) is 3.87. The van der Waals surface area contributed by atoms with E-state index in [0.29, 0.717) is 17.2 Å². The molecule has 1 aromatic heterocycles. The molecule has 3 aromatic rings. The monoisotopic (exact) mass is 331 g/mol. The van der Waals surface area contributed by atoms with Crippen LogP contribution in [0, 0.1) is 0 Å². The van der Waals surface area contributed by atoms with E-state index in [0.717, 1.165) is 16.8 Å². The maximum absolute atomic E-state index is 11.7. The second kappa shape index (κ2) is 6.18. The number of carbonyl (C=O) groups is 1. The molecule has 0 fully saturated rings. The summed E-state index contributed by atoms with van der Waals surface area (Å²) in [6, 6.07) is 16.2. The lowest BCUT2D eigenvalue weighted by molar-refractivity contribution is 0.0706. The topological polar surface area (TPSA) is 83.8 Å². The summed E-state index contributed by atoms with van der Waals surface area (Å²) >= 11 is 0. The Bertz CT molecular complexity index is 984. The van der Waals surface area contributed by atoms with E-state index in [1.807, 2.05) is 36.4 Å². The van der Waals surface area contributed by atoms with Crippen molar-refractivity contribution >= 4 is 17.3 Å². The van der Waals surface area contributed by atoms with E-state index >= 15 is 0 Å². The summed E-state index contributed by atoms with van der Waals surface area (Å²) in [5.41, 5.74) is 4.87. The number of para-hydroxylation sites is 1. The summed E-state index contributed by atoms with van der Waals surface area (Å²) in [6.45, 7) is 0. The van der Waals surface area contributed by atoms with Crippen LogP contribution >= 0.6 is 0 Å². The first-order chi connectivity index (χ1) is 12.3. The van der Waals surface area contributed by atoms with E-state index in [9.17, 15) is 4.79 Å². The largest absolute Gasteiger partial charge is 0.454 e. The quantitative estimate of drug-likeness (QED) is 0.435. The van der Waals surface area contributed by atoms with Crippen LogP contribution in [0.3, 0.4) is 0 Å². The van der Waals surface area contributed by atoms with Crippen LogP contribution in [0.5, 0.6) is 11.5 Å². The number of hydrogen-bond acceptors (Lipinski definition) is 5. The number of nitrogens with zero attached hydrogens (tertiary/aromatic N) is 2. The molecule has 0 spiro atoms. The van der Waals surface area contributed by atoms with Crippen molar-refractivity contribution in [1.82, 2.24) is 10.5 Å². The standard InChI is InChI=1S/C19H13N3O3/c23-19(22-24)13-5-6-17-15(11-13)21-18(12-7-9-20-10-8-12)14-3-1-2-4-16(14)25-17/h1-11,24H,(H,22,23). The molecule has 2 N–H and O–H groups in total. The Morgan fingerprint density at radius 1 is 1.00 bits per heavy atom. The molecule has 0 atom stereocenters. The van der Waals surface area contributed by atoms with Gasteiger partial charge in [0.15, 0.2) is 5.75 Å². The first kappa shape index (κ1) is 15.0. The Labute approximate surface area is 143 Å². The molecule has 4 rings (SSSR count). The zero-order chi connectivity index (χ0) is 17.2. The fraction of sp³-hybridized carbons (Fsp3) is 0. The highest BCUT2D eigenvalue weighted by molar-refractivity contribution is 6.16. The summed E-state index contributed by atoms with van der Waals surface area (Å²) in [6.07, 6.45) is 3.39. The van der Waals surface area contributed by atoms with Gasteiger partial charge in [0.25, 0.3) is 5.91 Å². The fourth-order valence-electron chi connectivity index (χ4n) is 2.68. The SMILES string of the molecule is O=C(NO)c1ccc2c(c1)N=C(c1ccncc1)c1ccccc1O2. The summed E-state index contributed by atoms with van der Waals surface area (Å²) in [7, 11) is 0. The van der Waals surface area contributed by atoms with Gasteiger partial charge in [-0.05, 0) is 42.5 Å². The molecule has 0 saturated carbocycles. The van der Waals surface area contributed by atoms with E-state index < -0.39 is 5.91 Å². The Kier molecular flexibility index (Phi) is 3.72. The zero-order valence-electron chi connectivity index (χ0n) is 13.0. The number of nitrogens with one attached hydrogen (secondary N) is 1. The predicted molar refractivity (Wildman–Crippen MR) is 91.7 cm³/mol. The fourth-order valence-corrected chi connectivity index (χ4v) is 2.68. The number of carbonyl (C=O) groups excluding carboxylic acids is 1. The molecule has 1 aliphatic rings. The highest BCUT2D eigenvalue weighted by Gasteiger charge is 2.20. The smallest absolute Gasteiger partial charge is 0.274 e. The van der Waals surface area contributed by atoms with Gasteiger partial charge in [0.2, 0.25) is 0 Å². The van der Waals surface area contributed by atoms with Crippen molar-refractivity contribution in [3.8, 4) is 11.5 Å². The van der Waals surface area contributed by atoms with Gasteiger partial charge < -0.3 is 4.74 Å². The Hall–Kier alpha value is -3.51. The number of aromatic nitrogens is 1. The molecule has 2 heterocycles. The van der Waals surface area contributed by atoms with Gasteiger partial charge >= 0.3 is 0 Å². The number of amides is 1. The number of rotatable bonds is 2. The molecule has 6 nitrogen and oxygen atoms in total. The third-order valence-corrected chi connectivity index (χ3v) is 3.87. The maximum atomic E-state index is 11.7. The lowest BCUT2D eigenvalue weighted by Crippen LogP contribution is -2.18. The van der Waals surface area contributed by atoms with Crippen LogP contribution in [0.25, 0.3) is 0 Å². The molecular formula is C19H13N3O3. The summed E-state index contributed by atoms with van der Waals surface area (Å²) in [5, 5.41) is 8.85. The first-order valence-electron chi connectivity index (χ1n) is 7.61. The molecule has 0 aliphatic carbocycles. The van der Waals surface area contributed by atoms with Crippen LogP contribution in [-0.2, 0) is 0 Å². The minimum atomic E-state index is -0.606. The minimum Gasteiger partial charge on any atom is -0.454 e.